The largest absolute Gasteiger partial charge is 0.379 e. The number of piperidine rings is 1. The number of fused-ring (bicyclic) bond motifs is 1. The van der Waals surface area contributed by atoms with Crippen molar-refractivity contribution in [2.45, 2.75) is 67.9 Å². The minimum absolute atomic E-state index is 0.126. The summed E-state index contributed by atoms with van der Waals surface area (Å²) in [7, 11) is -1.21. The van der Waals surface area contributed by atoms with Gasteiger partial charge in [-0.05, 0) is 75.7 Å². The minimum Gasteiger partial charge on any atom is -0.379 e. The Morgan fingerprint density at radius 1 is 0.660 bits per heavy atom. The number of urea groups is 1. The first-order chi connectivity index (χ1) is 24.2. The average molecular weight is 776 g/mol. The molecule has 0 bridgehead atoms. The number of amides is 2. The number of alkyl halides is 2. The van der Waals surface area contributed by atoms with Crippen molar-refractivity contribution in [3.8, 4) is 0 Å². The third-order valence-corrected chi connectivity index (χ3v) is 12.6. The molecule has 1 saturated heterocycles. The Kier molecular flexibility index (Phi) is 22.4. The Balaban J connectivity index is 1.10. The summed E-state index contributed by atoms with van der Waals surface area (Å²) in [5.74, 6) is 2.06. The van der Waals surface area contributed by atoms with Crippen molar-refractivity contribution in [3.05, 3.63) is 0 Å². The number of halogens is 2. The van der Waals surface area contributed by atoms with Crippen LogP contribution in [0.2, 0.25) is 0 Å². The van der Waals surface area contributed by atoms with Gasteiger partial charge < -0.3 is 44.0 Å². The molecule has 0 radical (unpaired) electrons. The van der Waals surface area contributed by atoms with E-state index in [1.165, 1.54) is 0 Å². The Morgan fingerprint density at radius 3 is 1.68 bits per heavy atom. The molecule has 0 aromatic rings. The maximum atomic E-state index is 13.0. The molecule has 4 unspecified atom stereocenters. The van der Waals surface area contributed by atoms with Gasteiger partial charge in [0.2, 0.25) is 10.0 Å². The molecule has 5 atom stereocenters. The molecule has 16 heteroatoms. The van der Waals surface area contributed by atoms with E-state index in [1.807, 2.05) is 0 Å². The molecular formula is C34H64Cl2N4O9S. The number of hydrogen-bond acceptors (Lipinski definition) is 10. The lowest BCUT2D eigenvalue weighted by Crippen LogP contribution is -2.53. The zero-order valence-electron chi connectivity index (χ0n) is 30.3. The van der Waals surface area contributed by atoms with Crippen LogP contribution in [0.1, 0.15) is 51.9 Å². The highest BCUT2D eigenvalue weighted by atomic mass is 35.5. The average Bonchev–Trinajstić information content (AvgIpc) is 3.09. The molecule has 3 N–H and O–H groups in total. The summed E-state index contributed by atoms with van der Waals surface area (Å²) in [6, 6.07) is -0.277. The second kappa shape index (κ2) is 25.5. The van der Waals surface area contributed by atoms with E-state index in [9.17, 15) is 13.2 Å². The van der Waals surface area contributed by atoms with E-state index >= 15 is 0 Å². The number of rotatable bonds is 26. The second-order valence-electron chi connectivity index (χ2n) is 13.6. The maximum Gasteiger partial charge on any atom is 0.314 e. The van der Waals surface area contributed by atoms with E-state index in [1.54, 1.807) is 0 Å². The van der Waals surface area contributed by atoms with E-state index < -0.39 is 10.0 Å². The molecule has 2 amide bonds. The molecule has 1 heterocycles. The molecule has 0 aromatic carbocycles. The molecule has 0 aromatic heterocycles. The molecule has 50 heavy (non-hydrogen) atoms. The number of likely N-dealkylation sites (tertiary alicyclic amines) is 1. The lowest BCUT2D eigenvalue weighted by atomic mass is 9.63. The molecule has 3 rings (SSSR count). The van der Waals surface area contributed by atoms with Gasteiger partial charge in [0.25, 0.3) is 0 Å². The highest BCUT2D eigenvalue weighted by Gasteiger charge is 2.47. The monoisotopic (exact) mass is 774 g/mol. The van der Waals surface area contributed by atoms with E-state index in [-0.39, 0.29) is 35.2 Å². The Morgan fingerprint density at radius 2 is 1.14 bits per heavy atom. The van der Waals surface area contributed by atoms with Crippen LogP contribution in [0.15, 0.2) is 0 Å². The van der Waals surface area contributed by atoms with Crippen LogP contribution in [0.5, 0.6) is 0 Å². The molecule has 13 nitrogen and oxygen atoms in total. The topological polar surface area (TPSA) is 146 Å². The summed E-state index contributed by atoms with van der Waals surface area (Å²) < 4.78 is 61.4. The van der Waals surface area contributed by atoms with Crippen molar-refractivity contribution in [2.75, 3.05) is 119 Å². The molecule has 294 valence electrons. The lowest BCUT2D eigenvalue weighted by Gasteiger charge is -2.51. The number of carbonyl (C=O) groups is 1. The van der Waals surface area contributed by atoms with Crippen LogP contribution in [0.3, 0.4) is 0 Å². The van der Waals surface area contributed by atoms with Gasteiger partial charge in [-0.3, -0.25) is 0 Å². The van der Waals surface area contributed by atoms with Gasteiger partial charge in [0.1, 0.15) is 0 Å². The summed E-state index contributed by atoms with van der Waals surface area (Å²) in [6.45, 7) is 10.6. The lowest BCUT2D eigenvalue weighted by molar-refractivity contribution is 0.0108. The van der Waals surface area contributed by atoms with Crippen LogP contribution in [0, 0.1) is 23.7 Å². The van der Waals surface area contributed by atoms with Gasteiger partial charge >= 0.3 is 6.03 Å². The normalized spacial score (nSPS) is 27.6. The number of sulfonamides is 1. The molecule has 3 fully saturated rings. The van der Waals surface area contributed by atoms with Gasteiger partial charge in [-0.15, -0.1) is 23.2 Å². The van der Waals surface area contributed by atoms with Crippen molar-refractivity contribution in [2.24, 2.45) is 23.7 Å². The van der Waals surface area contributed by atoms with Crippen LogP contribution in [-0.4, -0.2) is 154 Å². The van der Waals surface area contributed by atoms with E-state index in [4.69, 9.17) is 51.6 Å². The number of hydrogen-bond donors (Lipinski definition) is 3. The summed E-state index contributed by atoms with van der Waals surface area (Å²) in [4.78, 5) is 14.2. The second-order valence-corrected chi connectivity index (χ2v) is 16.9. The third-order valence-electron chi connectivity index (χ3n) is 9.83. The third kappa shape index (κ3) is 17.1. The molecule has 3 aliphatic rings. The van der Waals surface area contributed by atoms with Crippen LogP contribution < -0.4 is 15.4 Å². The van der Waals surface area contributed by atoms with Gasteiger partial charge in [-0.25, -0.2) is 17.9 Å². The first kappa shape index (κ1) is 43.9. The molecule has 2 aliphatic carbocycles. The predicted octanol–water partition coefficient (Wildman–Crippen LogP) is 3.08. The standard InChI is InChI=1S/C34H64Cl2N4O9S/c1-3-11-44-15-19-48-20-16-45-12-8-37-34(41)38-9-13-46-17-21-49-22-18-47-14-10-39-50(42,43)29-6-4-27(5-7-29)31-25-40(2)26-32-30(31)23-28(35)24-33(32)36/h27-33,39H,3-26H2,1-2H3,(H2,37,38,41)/t27?,28?,29?,30?,31-,32?,33?/m0/s1. The smallest absolute Gasteiger partial charge is 0.314 e. The fourth-order valence-corrected chi connectivity index (χ4v) is 9.86. The van der Waals surface area contributed by atoms with Crippen molar-refractivity contribution < 1.29 is 41.6 Å². The number of carbonyl (C=O) groups excluding carboxylic acids is 1. The van der Waals surface area contributed by atoms with Gasteiger partial charge in [0, 0.05) is 50.1 Å². The van der Waals surface area contributed by atoms with Crippen molar-refractivity contribution in [1.29, 1.82) is 0 Å². The zero-order valence-corrected chi connectivity index (χ0v) is 32.6. The van der Waals surface area contributed by atoms with Gasteiger partial charge in [0.15, 0.2) is 0 Å². The van der Waals surface area contributed by atoms with Gasteiger partial charge in [-0.2, -0.15) is 0 Å². The van der Waals surface area contributed by atoms with Crippen molar-refractivity contribution >= 4 is 39.3 Å². The van der Waals surface area contributed by atoms with Crippen molar-refractivity contribution in [3.63, 3.8) is 0 Å². The van der Waals surface area contributed by atoms with Crippen LogP contribution >= 0.6 is 23.2 Å². The summed E-state index contributed by atoms with van der Waals surface area (Å²) in [5.41, 5.74) is 0. The van der Waals surface area contributed by atoms with Crippen molar-refractivity contribution in [1.82, 2.24) is 20.3 Å². The van der Waals surface area contributed by atoms with E-state index in [0.717, 1.165) is 51.8 Å². The minimum atomic E-state index is -3.39. The number of nitrogens with one attached hydrogen (secondary N) is 3. The Bertz CT molecular complexity index is 1010. The van der Waals surface area contributed by atoms with Gasteiger partial charge in [-0.1, -0.05) is 6.92 Å². The molecule has 0 spiro atoms. The van der Waals surface area contributed by atoms with Gasteiger partial charge in [0.05, 0.1) is 77.9 Å². The highest BCUT2D eigenvalue weighted by molar-refractivity contribution is 7.90. The first-order valence-electron chi connectivity index (χ1n) is 18.6. The summed E-state index contributed by atoms with van der Waals surface area (Å²) >= 11 is 13.4. The number of nitrogens with zero attached hydrogens (tertiary/aromatic N) is 1. The fourth-order valence-electron chi connectivity index (χ4n) is 7.39. The van der Waals surface area contributed by atoms with Crippen LogP contribution in [0.4, 0.5) is 4.79 Å². The number of ether oxygens (including phenoxy) is 6. The molecule has 1 aliphatic heterocycles. The fraction of sp³-hybridized carbons (Fsp3) is 0.971. The van der Waals surface area contributed by atoms with E-state index in [0.29, 0.717) is 116 Å². The predicted molar refractivity (Wildman–Crippen MR) is 196 cm³/mol. The van der Waals surface area contributed by atoms with Crippen LogP contribution in [0.25, 0.3) is 0 Å². The Hall–Kier alpha value is -0.520. The van der Waals surface area contributed by atoms with E-state index in [2.05, 4.69) is 34.2 Å². The van der Waals surface area contributed by atoms with Crippen LogP contribution in [-0.2, 0) is 38.4 Å². The first-order valence-corrected chi connectivity index (χ1v) is 21.1. The summed E-state index contributed by atoms with van der Waals surface area (Å²) in [6.07, 6.45) is 6.14. The quantitative estimate of drug-likeness (QED) is 0.0886. The summed E-state index contributed by atoms with van der Waals surface area (Å²) in [5, 5.41) is 5.36. The Labute approximate surface area is 310 Å². The maximum absolute atomic E-state index is 13.0. The highest BCUT2D eigenvalue weighted by Crippen LogP contribution is 2.48. The molecule has 2 saturated carbocycles. The molecular weight excluding hydrogens is 711 g/mol. The zero-order chi connectivity index (χ0) is 36.0. The SMILES string of the molecule is CCCOCCOCCOCCNC(=O)NCCOCCOCCOCCNS(=O)(=O)C1CCC([C@@H]2CN(C)CC3C(Cl)CC(Cl)CC32)CC1.